The van der Waals surface area contributed by atoms with Crippen LogP contribution in [-0.4, -0.2) is 0 Å². The van der Waals surface area contributed by atoms with Gasteiger partial charge >= 0.3 is 0 Å². The quantitative estimate of drug-likeness (QED) is 0.503. The highest BCUT2D eigenvalue weighted by Gasteiger charge is 2.26. The van der Waals surface area contributed by atoms with Gasteiger partial charge in [0.2, 0.25) is 11.2 Å². The van der Waals surface area contributed by atoms with E-state index in [0.29, 0.717) is 11.3 Å². The second-order valence-corrected chi connectivity index (χ2v) is 7.66. The molecule has 25 heavy (non-hydrogen) atoms. The van der Waals surface area contributed by atoms with Crippen molar-refractivity contribution in [2.45, 2.75) is 99.3 Å². The second kappa shape index (κ2) is 10.7. The third kappa shape index (κ3) is 6.24. The average Bonchev–Trinajstić information content (AvgIpc) is 2.65. The Morgan fingerprint density at radius 3 is 2.28 bits per heavy atom. The summed E-state index contributed by atoms with van der Waals surface area (Å²) >= 11 is 0. The van der Waals surface area contributed by atoms with E-state index < -0.39 is 0 Å². The summed E-state index contributed by atoms with van der Waals surface area (Å²) < 4.78 is 9.97. The van der Waals surface area contributed by atoms with Gasteiger partial charge in [0.15, 0.2) is 0 Å². The van der Waals surface area contributed by atoms with Crippen molar-refractivity contribution in [1.29, 1.82) is 0 Å². The normalized spacial score (nSPS) is 20.4. The van der Waals surface area contributed by atoms with E-state index in [-0.39, 0.29) is 1.43 Å². The van der Waals surface area contributed by atoms with Gasteiger partial charge in [-0.15, -0.1) is 0 Å². The maximum Gasteiger partial charge on any atom is 0.225 e. The molecule has 2 heteroatoms. The number of fused-ring (bicyclic) bond motifs is 1. The van der Waals surface area contributed by atoms with Crippen molar-refractivity contribution in [2.75, 3.05) is 0 Å². The summed E-state index contributed by atoms with van der Waals surface area (Å²) in [4.78, 5) is 0. The van der Waals surface area contributed by atoms with Gasteiger partial charge in [0.05, 0.1) is 0 Å². The number of hydrogen-bond donors (Lipinski definition) is 0. The summed E-state index contributed by atoms with van der Waals surface area (Å²) in [6.45, 7) is 15.1. The molecule has 1 fully saturated rings. The molecule has 0 saturated heterocycles. The van der Waals surface area contributed by atoms with Gasteiger partial charge in [0, 0.05) is 1.43 Å². The lowest BCUT2D eigenvalue weighted by molar-refractivity contribution is 0.0587. The molecule has 146 valence electrons. The molecule has 3 rings (SSSR count). The van der Waals surface area contributed by atoms with Crippen LogP contribution >= 0.6 is 0 Å². The molecule has 1 aliphatic carbocycles. The van der Waals surface area contributed by atoms with E-state index in [4.69, 9.17) is 9.15 Å². The molecule has 1 unspecified atom stereocenters. The lowest BCUT2D eigenvalue weighted by Crippen LogP contribution is -2.18. The summed E-state index contributed by atoms with van der Waals surface area (Å²) in [6.07, 6.45) is 9.50. The van der Waals surface area contributed by atoms with Crippen LogP contribution in [0.1, 0.15) is 106 Å². The first kappa shape index (κ1) is 21.9. The minimum absolute atomic E-state index is 0. The van der Waals surface area contributed by atoms with Crippen molar-refractivity contribution in [1.82, 2.24) is 0 Å². The number of hydrogen-bond acceptors (Lipinski definition) is 2. The molecule has 0 radical (unpaired) electrons. The van der Waals surface area contributed by atoms with Gasteiger partial charge in [-0.2, -0.15) is 0 Å². The van der Waals surface area contributed by atoms with Gasteiger partial charge in [0.1, 0.15) is 0 Å². The maximum atomic E-state index is 5.04. The van der Waals surface area contributed by atoms with E-state index in [1.165, 1.54) is 50.5 Å². The Balaban J connectivity index is 0.00000117. The van der Waals surface area contributed by atoms with E-state index in [2.05, 4.69) is 39.0 Å². The molecule has 0 spiro atoms. The zero-order chi connectivity index (χ0) is 18.9. The van der Waals surface area contributed by atoms with E-state index in [0.717, 1.165) is 17.1 Å². The Labute approximate surface area is 156 Å². The first-order chi connectivity index (χ1) is 12.1. The van der Waals surface area contributed by atoms with Crippen molar-refractivity contribution < 1.29 is 10.6 Å². The van der Waals surface area contributed by atoms with Crippen molar-refractivity contribution >= 4 is 11.2 Å². The summed E-state index contributed by atoms with van der Waals surface area (Å²) in [5.41, 5.74) is 3.75. The molecule has 0 N–H and O–H groups in total. The first-order valence-corrected chi connectivity index (χ1v) is 10.6. The zero-order valence-corrected chi connectivity index (χ0v) is 17.7. The fraction of sp³-hybridized carbons (Fsp3) is 0.739. The highest BCUT2D eigenvalue weighted by atomic mass is 17.0. The third-order valence-corrected chi connectivity index (χ3v) is 5.63. The largest absolute Gasteiger partial charge is 0.286 e. The summed E-state index contributed by atoms with van der Waals surface area (Å²) in [7, 11) is 0. The minimum atomic E-state index is 0. The Bertz CT molecular complexity index is 582. The smallest absolute Gasteiger partial charge is 0.225 e. The highest BCUT2D eigenvalue weighted by molar-refractivity contribution is 5.71. The van der Waals surface area contributed by atoms with E-state index in [1.54, 1.807) is 0 Å². The summed E-state index contributed by atoms with van der Waals surface area (Å²) in [5.74, 6) is 1.61. The Hall–Kier alpha value is -1.18. The molecule has 1 saturated carbocycles. The van der Waals surface area contributed by atoms with Gasteiger partial charge in [0.25, 0.3) is 0 Å². The first-order valence-electron chi connectivity index (χ1n) is 10.6. The Morgan fingerprint density at radius 1 is 1.04 bits per heavy atom. The predicted molar refractivity (Wildman–Crippen MR) is 111 cm³/mol. The molecule has 1 aromatic heterocycles. The summed E-state index contributed by atoms with van der Waals surface area (Å²) in [5, 5.41) is 0. The van der Waals surface area contributed by atoms with Gasteiger partial charge in [-0.3, -0.25) is 9.15 Å². The molecule has 0 aliphatic heterocycles. The molecular weight excluding hydrogens is 308 g/mol. The SMILES string of the molecule is CC.CC.CCC(C)(C)CCC1CCC[C@H](c2ccc3ooc3c2)C1.[HH]. The van der Waals surface area contributed by atoms with Crippen LogP contribution in [0.4, 0.5) is 0 Å². The summed E-state index contributed by atoms with van der Waals surface area (Å²) in [6, 6.07) is 6.46. The lowest BCUT2D eigenvalue weighted by Gasteiger charge is -2.32. The van der Waals surface area contributed by atoms with Crippen LogP contribution in [0.3, 0.4) is 0 Å². The molecule has 2 aromatic rings. The van der Waals surface area contributed by atoms with Crippen molar-refractivity contribution in [3.8, 4) is 0 Å². The van der Waals surface area contributed by atoms with Crippen LogP contribution in [0.15, 0.2) is 27.4 Å². The van der Waals surface area contributed by atoms with Crippen LogP contribution in [0.5, 0.6) is 0 Å². The topological polar surface area (TPSA) is 26.3 Å². The van der Waals surface area contributed by atoms with Crippen molar-refractivity contribution in [2.24, 2.45) is 11.3 Å². The van der Waals surface area contributed by atoms with Crippen molar-refractivity contribution in [3.63, 3.8) is 0 Å². The zero-order valence-electron chi connectivity index (χ0n) is 17.7. The fourth-order valence-corrected chi connectivity index (χ4v) is 3.60. The maximum absolute atomic E-state index is 5.04. The molecule has 1 heterocycles. The highest BCUT2D eigenvalue weighted by Crippen LogP contribution is 2.41. The number of benzene rings is 1. The van der Waals surface area contributed by atoms with E-state index >= 15 is 0 Å². The lowest BCUT2D eigenvalue weighted by atomic mass is 9.73. The minimum Gasteiger partial charge on any atom is -0.286 e. The molecular formula is C23H42O2. The Morgan fingerprint density at radius 2 is 1.72 bits per heavy atom. The monoisotopic (exact) mass is 350 g/mol. The van der Waals surface area contributed by atoms with Gasteiger partial charge < -0.3 is 0 Å². The van der Waals surface area contributed by atoms with Crippen LogP contribution in [0.2, 0.25) is 0 Å². The predicted octanol–water partition coefficient (Wildman–Crippen LogP) is 8.81. The molecule has 1 aliphatic rings. The Kier molecular flexibility index (Phi) is 9.38. The number of rotatable bonds is 5. The van der Waals surface area contributed by atoms with Crippen molar-refractivity contribution in [3.05, 3.63) is 23.8 Å². The molecule has 2 atom stereocenters. The fourth-order valence-electron chi connectivity index (χ4n) is 3.60. The average molecular weight is 351 g/mol. The molecule has 0 amide bonds. The van der Waals surface area contributed by atoms with E-state index in [9.17, 15) is 0 Å². The van der Waals surface area contributed by atoms with Crippen LogP contribution in [-0.2, 0) is 0 Å². The van der Waals surface area contributed by atoms with Crippen LogP contribution < -0.4 is 0 Å². The third-order valence-electron chi connectivity index (χ3n) is 5.63. The standard InChI is InChI=1S/C19H28O2.2C2H6.H2/c1-4-19(2,3)11-10-14-6-5-7-15(12-14)16-8-9-17-18(13-16)21-20-17;2*1-2;/h8-9,13-15H,4-7,10-12H2,1-3H3;2*1-2H3;1H/t14?,15-;;;/m0.../s1. The molecule has 1 aromatic carbocycles. The molecule has 2 nitrogen and oxygen atoms in total. The van der Waals surface area contributed by atoms with Crippen LogP contribution in [0, 0.1) is 11.3 Å². The van der Waals surface area contributed by atoms with Gasteiger partial charge in [-0.1, -0.05) is 73.8 Å². The van der Waals surface area contributed by atoms with Gasteiger partial charge in [-0.05, 0) is 60.6 Å². The van der Waals surface area contributed by atoms with Gasteiger partial charge in [-0.25, -0.2) is 0 Å². The molecule has 0 bridgehead atoms. The van der Waals surface area contributed by atoms with Crippen LogP contribution in [0.25, 0.3) is 11.2 Å². The second-order valence-electron chi connectivity index (χ2n) is 7.66. The van der Waals surface area contributed by atoms with E-state index in [1.807, 2.05) is 27.7 Å².